The Balaban J connectivity index is 2.54. The number of hydrogen-bond donors (Lipinski definition) is 3. The van der Waals surface area contributed by atoms with Gasteiger partial charge in [-0.05, 0) is 32.4 Å². The summed E-state index contributed by atoms with van der Waals surface area (Å²) in [7, 11) is -3.16. The molecule has 25 heavy (non-hydrogen) atoms. The Morgan fingerprint density at radius 2 is 2.12 bits per heavy atom. The maximum Gasteiger partial charge on any atom is 0.211 e. The molecular weight excluding hydrogens is 344 g/mol. The SMILES string of the molecule is CCNC(=NCC(C)(O)c1ccco1)NCCCN(CC)S(C)(=O)=O. The highest BCUT2D eigenvalue weighted by atomic mass is 32.2. The summed E-state index contributed by atoms with van der Waals surface area (Å²) in [6.07, 6.45) is 3.38. The number of aliphatic imine (C=N–C) groups is 1. The first-order valence-corrected chi connectivity index (χ1v) is 10.3. The molecule has 0 fully saturated rings. The van der Waals surface area contributed by atoms with Crippen molar-refractivity contribution < 1.29 is 17.9 Å². The molecule has 0 bridgehead atoms. The van der Waals surface area contributed by atoms with E-state index in [-0.39, 0.29) is 6.54 Å². The van der Waals surface area contributed by atoms with Gasteiger partial charge in [-0.3, -0.25) is 0 Å². The van der Waals surface area contributed by atoms with E-state index in [1.54, 1.807) is 19.1 Å². The lowest BCUT2D eigenvalue weighted by molar-refractivity contribution is 0.0437. The summed E-state index contributed by atoms with van der Waals surface area (Å²) in [6.45, 7) is 7.70. The summed E-state index contributed by atoms with van der Waals surface area (Å²) < 4.78 is 29.8. The molecule has 1 atom stereocenters. The first kappa shape index (κ1) is 21.5. The summed E-state index contributed by atoms with van der Waals surface area (Å²) >= 11 is 0. The molecule has 1 unspecified atom stereocenters. The Morgan fingerprint density at radius 3 is 2.64 bits per heavy atom. The van der Waals surface area contributed by atoms with Crippen molar-refractivity contribution in [3.63, 3.8) is 0 Å². The van der Waals surface area contributed by atoms with E-state index in [2.05, 4.69) is 15.6 Å². The van der Waals surface area contributed by atoms with E-state index in [0.717, 1.165) is 0 Å². The number of furan rings is 1. The van der Waals surface area contributed by atoms with Crippen LogP contribution in [-0.4, -0.2) is 62.8 Å². The van der Waals surface area contributed by atoms with Gasteiger partial charge in [0.05, 0.1) is 19.1 Å². The van der Waals surface area contributed by atoms with Crippen LogP contribution in [0.3, 0.4) is 0 Å². The lowest BCUT2D eigenvalue weighted by Crippen LogP contribution is -2.40. The Bertz CT molecular complexity index is 627. The first-order valence-electron chi connectivity index (χ1n) is 8.44. The lowest BCUT2D eigenvalue weighted by Gasteiger charge is -2.20. The highest BCUT2D eigenvalue weighted by Gasteiger charge is 2.26. The van der Waals surface area contributed by atoms with Crippen LogP contribution in [0.4, 0.5) is 0 Å². The third-order valence-electron chi connectivity index (χ3n) is 3.64. The summed E-state index contributed by atoms with van der Waals surface area (Å²) in [5.41, 5.74) is -1.19. The van der Waals surface area contributed by atoms with Crippen molar-refractivity contribution in [1.82, 2.24) is 14.9 Å². The summed E-state index contributed by atoms with van der Waals surface area (Å²) in [5.74, 6) is 1.02. The molecule has 1 rings (SSSR count). The number of nitrogens with zero attached hydrogens (tertiary/aromatic N) is 2. The zero-order valence-corrected chi connectivity index (χ0v) is 16.3. The minimum absolute atomic E-state index is 0.139. The molecule has 3 N–H and O–H groups in total. The van der Waals surface area contributed by atoms with Crippen LogP contribution >= 0.6 is 0 Å². The molecule has 0 aliphatic rings. The molecule has 0 amide bonds. The molecule has 0 radical (unpaired) electrons. The van der Waals surface area contributed by atoms with Gasteiger partial charge in [0.15, 0.2) is 5.96 Å². The van der Waals surface area contributed by atoms with Gasteiger partial charge in [-0.1, -0.05) is 6.92 Å². The molecule has 0 aromatic carbocycles. The van der Waals surface area contributed by atoms with Gasteiger partial charge in [-0.25, -0.2) is 17.7 Å². The van der Waals surface area contributed by atoms with Gasteiger partial charge >= 0.3 is 0 Å². The van der Waals surface area contributed by atoms with E-state index in [1.165, 1.54) is 16.8 Å². The lowest BCUT2D eigenvalue weighted by atomic mass is 10.0. The van der Waals surface area contributed by atoms with Gasteiger partial charge < -0.3 is 20.2 Å². The highest BCUT2D eigenvalue weighted by molar-refractivity contribution is 7.88. The van der Waals surface area contributed by atoms with Crippen LogP contribution in [0.2, 0.25) is 0 Å². The monoisotopic (exact) mass is 374 g/mol. The summed E-state index contributed by atoms with van der Waals surface area (Å²) in [6, 6.07) is 3.43. The topological polar surface area (TPSA) is 107 Å². The second kappa shape index (κ2) is 9.79. The highest BCUT2D eigenvalue weighted by Crippen LogP contribution is 2.20. The zero-order chi connectivity index (χ0) is 18.9. The van der Waals surface area contributed by atoms with E-state index in [1.807, 2.05) is 13.8 Å². The van der Waals surface area contributed by atoms with E-state index < -0.39 is 15.6 Å². The first-order chi connectivity index (χ1) is 11.7. The standard InChI is InChI=1S/C16H30N4O4S/c1-5-17-15(18-10-8-11-20(6-2)25(4,22)23)19-13-16(3,21)14-9-7-12-24-14/h7,9,12,21H,5-6,8,10-11,13H2,1-4H3,(H2,17,18,19). The molecule has 0 aliphatic carbocycles. The Labute approximate surface area is 150 Å². The number of guanidine groups is 1. The van der Waals surface area contributed by atoms with E-state index in [9.17, 15) is 13.5 Å². The molecule has 8 nitrogen and oxygen atoms in total. The van der Waals surface area contributed by atoms with Crippen LogP contribution in [-0.2, 0) is 15.6 Å². The minimum atomic E-state index is -3.16. The summed E-state index contributed by atoms with van der Waals surface area (Å²) in [5, 5.41) is 16.7. The normalized spacial score (nSPS) is 15.2. The second-order valence-corrected chi connectivity index (χ2v) is 7.96. The molecule has 1 heterocycles. The number of nitrogens with one attached hydrogen (secondary N) is 2. The Hall–Kier alpha value is -1.58. The minimum Gasteiger partial charge on any atom is -0.466 e. The van der Waals surface area contributed by atoms with Crippen molar-refractivity contribution >= 4 is 16.0 Å². The molecule has 0 spiro atoms. The third kappa shape index (κ3) is 7.45. The molecule has 0 saturated heterocycles. The van der Waals surface area contributed by atoms with Crippen LogP contribution in [0.25, 0.3) is 0 Å². The van der Waals surface area contributed by atoms with Crippen LogP contribution < -0.4 is 10.6 Å². The number of rotatable bonds is 10. The van der Waals surface area contributed by atoms with Gasteiger partial charge in [0.2, 0.25) is 10.0 Å². The molecule has 1 aromatic heterocycles. The Morgan fingerprint density at radius 1 is 1.40 bits per heavy atom. The van der Waals surface area contributed by atoms with E-state index in [4.69, 9.17) is 4.42 Å². The number of sulfonamides is 1. The molecule has 1 aromatic rings. The van der Waals surface area contributed by atoms with Gasteiger partial charge in [-0.15, -0.1) is 0 Å². The predicted molar refractivity (Wildman–Crippen MR) is 99.0 cm³/mol. The maximum absolute atomic E-state index is 11.6. The quantitative estimate of drug-likeness (QED) is 0.316. The smallest absolute Gasteiger partial charge is 0.211 e. The van der Waals surface area contributed by atoms with Gasteiger partial charge in [0, 0.05) is 26.2 Å². The molecule has 0 saturated carbocycles. The van der Waals surface area contributed by atoms with Crippen molar-refractivity contribution in [2.75, 3.05) is 39.0 Å². The van der Waals surface area contributed by atoms with Crippen LogP contribution in [0, 0.1) is 0 Å². The third-order valence-corrected chi connectivity index (χ3v) is 5.02. The zero-order valence-electron chi connectivity index (χ0n) is 15.4. The molecule has 9 heteroatoms. The fraction of sp³-hybridized carbons (Fsp3) is 0.688. The number of hydrogen-bond acceptors (Lipinski definition) is 5. The summed E-state index contributed by atoms with van der Waals surface area (Å²) in [4.78, 5) is 4.38. The van der Waals surface area contributed by atoms with Crippen molar-refractivity contribution in [3.05, 3.63) is 24.2 Å². The van der Waals surface area contributed by atoms with Crippen LogP contribution in [0.5, 0.6) is 0 Å². The van der Waals surface area contributed by atoms with Crippen molar-refractivity contribution in [3.8, 4) is 0 Å². The van der Waals surface area contributed by atoms with E-state index in [0.29, 0.717) is 44.3 Å². The van der Waals surface area contributed by atoms with Crippen LogP contribution in [0.1, 0.15) is 33.0 Å². The second-order valence-electron chi connectivity index (χ2n) is 5.98. The fourth-order valence-corrected chi connectivity index (χ4v) is 3.19. The van der Waals surface area contributed by atoms with Gasteiger partial charge in [0.25, 0.3) is 0 Å². The molecule has 144 valence electrons. The maximum atomic E-state index is 11.6. The van der Waals surface area contributed by atoms with Crippen LogP contribution in [0.15, 0.2) is 27.8 Å². The van der Waals surface area contributed by atoms with Gasteiger partial charge in [0.1, 0.15) is 11.4 Å². The molecule has 0 aliphatic heterocycles. The van der Waals surface area contributed by atoms with Gasteiger partial charge in [-0.2, -0.15) is 0 Å². The Kier molecular flexibility index (Phi) is 8.40. The van der Waals surface area contributed by atoms with E-state index >= 15 is 0 Å². The largest absolute Gasteiger partial charge is 0.466 e. The fourth-order valence-electron chi connectivity index (χ4n) is 2.26. The van der Waals surface area contributed by atoms with Crippen molar-refractivity contribution in [2.24, 2.45) is 4.99 Å². The van der Waals surface area contributed by atoms with Crippen molar-refractivity contribution in [1.29, 1.82) is 0 Å². The predicted octanol–water partition coefficient (Wildman–Crippen LogP) is 0.714. The molecular formula is C16H30N4O4S. The average molecular weight is 375 g/mol. The number of aliphatic hydroxyl groups is 1. The van der Waals surface area contributed by atoms with Crippen molar-refractivity contribution in [2.45, 2.75) is 32.8 Å². The average Bonchev–Trinajstić information content (AvgIpc) is 3.06.